The number of aromatic nitrogens is 1. The van der Waals surface area contributed by atoms with E-state index in [-0.39, 0.29) is 5.69 Å². The largest absolute Gasteiger partial charge is 0.464 e. The number of carbonyl (C=O) groups is 1. The van der Waals surface area contributed by atoms with Crippen LogP contribution in [0.5, 0.6) is 0 Å². The third-order valence-electron chi connectivity index (χ3n) is 4.36. The number of benzene rings is 2. The van der Waals surface area contributed by atoms with E-state index in [2.05, 4.69) is 4.98 Å². The van der Waals surface area contributed by atoms with E-state index in [1.165, 1.54) is 24.6 Å². The Labute approximate surface area is 167 Å². The summed E-state index contributed by atoms with van der Waals surface area (Å²) in [5.41, 5.74) is 5.75. The molecule has 29 heavy (non-hydrogen) atoms. The highest BCUT2D eigenvalue weighted by atomic mass is 32.2. The molecule has 4 nitrogen and oxygen atoms in total. The quantitative estimate of drug-likeness (QED) is 0.359. The van der Waals surface area contributed by atoms with Crippen molar-refractivity contribution in [2.75, 3.05) is 0 Å². The Balaban J connectivity index is 1.82. The number of nitrogens with two attached hydrogens (primary N) is 1. The molecule has 2 aromatic heterocycles. The minimum absolute atomic E-state index is 0.00897. The van der Waals surface area contributed by atoms with Gasteiger partial charge in [0, 0.05) is 22.0 Å². The molecule has 2 heterocycles. The van der Waals surface area contributed by atoms with E-state index in [4.69, 9.17) is 10.2 Å². The van der Waals surface area contributed by atoms with Gasteiger partial charge in [-0.05, 0) is 42.0 Å². The van der Waals surface area contributed by atoms with E-state index >= 15 is 0 Å². The SMILES string of the molecule is NC(=O)c1ccc(C(Sc2ccc3ccoc3c2)c2c(F)ccc(F)c2F)cn1. The molecule has 8 heteroatoms. The van der Waals surface area contributed by atoms with Gasteiger partial charge in [-0.2, -0.15) is 0 Å². The van der Waals surface area contributed by atoms with E-state index in [9.17, 15) is 18.0 Å². The lowest BCUT2D eigenvalue weighted by atomic mass is 10.0. The summed E-state index contributed by atoms with van der Waals surface area (Å²) >= 11 is 1.10. The van der Waals surface area contributed by atoms with Crippen molar-refractivity contribution in [1.82, 2.24) is 4.98 Å². The van der Waals surface area contributed by atoms with Gasteiger partial charge < -0.3 is 10.2 Å². The van der Waals surface area contributed by atoms with Gasteiger partial charge in [0.1, 0.15) is 17.1 Å². The van der Waals surface area contributed by atoms with Crippen molar-refractivity contribution in [3.05, 3.63) is 95.3 Å². The first kappa shape index (κ1) is 19.1. The molecule has 0 aliphatic carbocycles. The van der Waals surface area contributed by atoms with E-state index in [1.54, 1.807) is 18.2 Å². The van der Waals surface area contributed by atoms with Crippen LogP contribution in [0.15, 0.2) is 70.3 Å². The molecule has 0 aliphatic heterocycles. The summed E-state index contributed by atoms with van der Waals surface area (Å²) in [7, 11) is 0. The Kier molecular flexibility index (Phi) is 5.02. The summed E-state index contributed by atoms with van der Waals surface area (Å²) in [6.45, 7) is 0. The molecule has 0 radical (unpaired) electrons. The number of hydrogen-bond acceptors (Lipinski definition) is 4. The zero-order chi connectivity index (χ0) is 20.5. The van der Waals surface area contributed by atoms with E-state index in [0.717, 1.165) is 29.3 Å². The summed E-state index contributed by atoms with van der Waals surface area (Å²) in [6, 6.07) is 11.6. The fraction of sp³-hybridized carbons (Fsp3) is 0.0476. The highest BCUT2D eigenvalue weighted by Gasteiger charge is 2.26. The molecule has 1 unspecified atom stereocenters. The molecule has 4 aromatic rings. The molecule has 0 spiro atoms. The monoisotopic (exact) mass is 414 g/mol. The first-order valence-corrected chi connectivity index (χ1v) is 9.35. The molecule has 0 bridgehead atoms. The fourth-order valence-corrected chi connectivity index (χ4v) is 4.13. The van der Waals surface area contributed by atoms with Crippen molar-refractivity contribution in [3.8, 4) is 0 Å². The second kappa shape index (κ2) is 7.63. The predicted molar refractivity (Wildman–Crippen MR) is 103 cm³/mol. The average Bonchev–Trinajstić information content (AvgIpc) is 3.18. The van der Waals surface area contributed by atoms with Crippen molar-refractivity contribution >= 4 is 28.6 Å². The molecule has 0 saturated carbocycles. The number of primary amides is 1. The second-order valence-corrected chi connectivity index (χ2v) is 7.39. The number of carbonyl (C=O) groups excluding carboxylic acids is 1. The van der Waals surface area contributed by atoms with Crippen LogP contribution in [0.3, 0.4) is 0 Å². The highest BCUT2D eigenvalue weighted by molar-refractivity contribution is 7.99. The number of hydrogen-bond donors (Lipinski definition) is 1. The van der Waals surface area contributed by atoms with Gasteiger partial charge in [0.2, 0.25) is 0 Å². The molecule has 0 saturated heterocycles. The van der Waals surface area contributed by atoms with Gasteiger partial charge in [-0.25, -0.2) is 13.2 Å². The van der Waals surface area contributed by atoms with Gasteiger partial charge >= 0.3 is 0 Å². The molecule has 1 atom stereocenters. The maximum Gasteiger partial charge on any atom is 0.267 e. The van der Waals surface area contributed by atoms with Crippen LogP contribution < -0.4 is 5.73 Å². The minimum Gasteiger partial charge on any atom is -0.464 e. The van der Waals surface area contributed by atoms with Crippen LogP contribution >= 0.6 is 11.8 Å². The van der Waals surface area contributed by atoms with Crippen LogP contribution in [0, 0.1) is 17.5 Å². The first-order valence-electron chi connectivity index (χ1n) is 8.47. The van der Waals surface area contributed by atoms with E-state index in [1.807, 2.05) is 6.07 Å². The molecule has 2 N–H and O–H groups in total. The Bertz CT molecular complexity index is 1210. The predicted octanol–water partition coefficient (Wildman–Crippen LogP) is 5.23. The number of nitrogens with zero attached hydrogens (tertiary/aromatic N) is 1. The first-order chi connectivity index (χ1) is 13.9. The number of furan rings is 1. The van der Waals surface area contributed by atoms with Gasteiger partial charge in [0.05, 0.1) is 11.5 Å². The Morgan fingerprint density at radius 1 is 1.03 bits per heavy atom. The highest BCUT2D eigenvalue weighted by Crippen LogP contribution is 2.43. The number of rotatable bonds is 5. The Morgan fingerprint density at radius 2 is 1.83 bits per heavy atom. The van der Waals surface area contributed by atoms with Gasteiger partial charge in [0.15, 0.2) is 11.6 Å². The lowest BCUT2D eigenvalue weighted by Crippen LogP contribution is -2.13. The summed E-state index contributed by atoms with van der Waals surface area (Å²) in [4.78, 5) is 15.9. The van der Waals surface area contributed by atoms with Crippen molar-refractivity contribution in [3.63, 3.8) is 0 Å². The number of fused-ring (bicyclic) bond motifs is 1. The van der Waals surface area contributed by atoms with Gasteiger partial charge in [-0.1, -0.05) is 12.1 Å². The van der Waals surface area contributed by atoms with Crippen LogP contribution in [-0.4, -0.2) is 10.9 Å². The summed E-state index contributed by atoms with van der Waals surface area (Å²) in [5.74, 6) is -4.05. The summed E-state index contributed by atoms with van der Waals surface area (Å²) in [6.07, 6.45) is 2.84. The number of thioether (sulfide) groups is 1. The molecule has 4 rings (SSSR count). The van der Waals surface area contributed by atoms with Crippen molar-refractivity contribution in [1.29, 1.82) is 0 Å². The molecule has 0 fully saturated rings. The number of pyridine rings is 1. The van der Waals surface area contributed by atoms with Crippen molar-refractivity contribution < 1.29 is 22.4 Å². The Morgan fingerprint density at radius 3 is 2.55 bits per heavy atom. The maximum absolute atomic E-state index is 14.6. The lowest BCUT2D eigenvalue weighted by Gasteiger charge is -2.19. The van der Waals surface area contributed by atoms with Crippen molar-refractivity contribution in [2.24, 2.45) is 5.73 Å². The molecule has 146 valence electrons. The zero-order valence-corrected chi connectivity index (χ0v) is 15.6. The van der Waals surface area contributed by atoms with Crippen LogP contribution in [0.25, 0.3) is 11.0 Å². The van der Waals surface area contributed by atoms with E-state index in [0.29, 0.717) is 16.0 Å². The molecule has 1 amide bonds. The smallest absolute Gasteiger partial charge is 0.267 e. The van der Waals surface area contributed by atoms with E-state index < -0.39 is 34.2 Å². The molecule has 2 aromatic carbocycles. The third-order valence-corrected chi connectivity index (χ3v) is 5.63. The summed E-state index contributed by atoms with van der Waals surface area (Å²) < 4.78 is 48.4. The molecular weight excluding hydrogens is 401 g/mol. The second-order valence-electron chi connectivity index (χ2n) is 6.22. The van der Waals surface area contributed by atoms with Crippen LogP contribution in [-0.2, 0) is 0 Å². The molecule has 0 aliphatic rings. The van der Waals surface area contributed by atoms with Gasteiger partial charge in [0.25, 0.3) is 5.91 Å². The van der Waals surface area contributed by atoms with Crippen LogP contribution in [0.1, 0.15) is 26.9 Å². The van der Waals surface area contributed by atoms with Crippen molar-refractivity contribution in [2.45, 2.75) is 10.1 Å². The normalized spacial score (nSPS) is 12.2. The average molecular weight is 414 g/mol. The topological polar surface area (TPSA) is 69.1 Å². The van der Waals surface area contributed by atoms with Gasteiger partial charge in [-0.15, -0.1) is 11.8 Å². The number of amides is 1. The van der Waals surface area contributed by atoms with Gasteiger partial charge in [-0.3, -0.25) is 9.78 Å². The fourth-order valence-electron chi connectivity index (χ4n) is 2.93. The van der Waals surface area contributed by atoms with Crippen LogP contribution in [0.2, 0.25) is 0 Å². The minimum atomic E-state index is -1.28. The van der Waals surface area contributed by atoms with Crippen LogP contribution in [0.4, 0.5) is 13.2 Å². The zero-order valence-electron chi connectivity index (χ0n) is 14.7. The Hall–Kier alpha value is -3.26. The number of halogens is 3. The summed E-state index contributed by atoms with van der Waals surface area (Å²) in [5, 5.41) is -0.0889. The lowest BCUT2D eigenvalue weighted by molar-refractivity contribution is 0.0995. The standard InChI is InChI=1S/C21H13F3N2O2S/c22-14-4-5-15(23)19(24)18(14)20(12-2-6-16(21(25)27)26-10-12)29-13-3-1-11-7-8-28-17(11)9-13/h1-10,20H,(H2,25,27). The molecular formula is C21H13F3N2O2S. The third kappa shape index (κ3) is 3.71. The maximum atomic E-state index is 14.6.